The van der Waals surface area contributed by atoms with Crippen molar-refractivity contribution in [3.63, 3.8) is 0 Å². The number of halogens is 1. The molecule has 0 spiro atoms. The maximum atomic E-state index is 5.95. The molecule has 0 N–H and O–H groups in total. The van der Waals surface area contributed by atoms with Crippen molar-refractivity contribution in [1.82, 2.24) is 0 Å². The zero-order valence-corrected chi connectivity index (χ0v) is 12.2. The van der Waals surface area contributed by atoms with E-state index >= 15 is 0 Å². The number of hydrogen-bond acceptors (Lipinski definition) is 1. The van der Waals surface area contributed by atoms with Gasteiger partial charge in [0.1, 0.15) is 5.75 Å². The van der Waals surface area contributed by atoms with Crippen molar-refractivity contribution < 1.29 is 4.74 Å². The maximum Gasteiger partial charge on any atom is 0.125 e. The van der Waals surface area contributed by atoms with Crippen LogP contribution in [0.2, 0.25) is 0 Å². The summed E-state index contributed by atoms with van der Waals surface area (Å²) in [5, 5.41) is 0.996. The highest BCUT2D eigenvalue weighted by Gasteiger charge is 2.13. The Labute approximate surface area is 107 Å². The Kier molecular flexibility index (Phi) is 5.33. The Morgan fingerprint density at radius 1 is 1.19 bits per heavy atom. The van der Waals surface area contributed by atoms with Crippen LogP contribution in [0.4, 0.5) is 0 Å². The summed E-state index contributed by atoms with van der Waals surface area (Å²) >= 11 is 3.55. The molecule has 0 heterocycles. The van der Waals surface area contributed by atoms with Crippen LogP contribution in [0.1, 0.15) is 25.0 Å². The zero-order valence-electron chi connectivity index (χ0n) is 10.6. The van der Waals surface area contributed by atoms with Gasteiger partial charge in [-0.25, -0.2) is 0 Å². The number of benzene rings is 1. The lowest BCUT2D eigenvalue weighted by Crippen LogP contribution is -2.19. The summed E-state index contributed by atoms with van der Waals surface area (Å²) in [4.78, 5) is 0. The van der Waals surface area contributed by atoms with E-state index in [9.17, 15) is 0 Å². The Morgan fingerprint density at radius 2 is 1.75 bits per heavy atom. The third-order valence-corrected chi connectivity index (χ3v) is 3.82. The SMILES string of the molecule is Cc1cccc(C)c1OCC(CBr)C(C)C. The summed E-state index contributed by atoms with van der Waals surface area (Å²) in [6, 6.07) is 6.27. The van der Waals surface area contributed by atoms with Gasteiger partial charge in [0, 0.05) is 11.2 Å². The highest BCUT2D eigenvalue weighted by atomic mass is 79.9. The Balaban J connectivity index is 2.67. The van der Waals surface area contributed by atoms with Crippen LogP contribution in [0, 0.1) is 25.7 Å². The number of alkyl halides is 1. The minimum atomic E-state index is 0.569. The Morgan fingerprint density at radius 3 is 2.19 bits per heavy atom. The molecule has 0 aliphatic carbocycles. The molecule has 1 aromatic carbocycles. The van der Waals surface area contributed by atoms with Crippen LogP contribution in [0.15, 0.2) is 18.2 Å². The van der Waals surface area contributed by atoms with E-state index in [4.69, 9.17) is 4.74 Å². The van der Waals surface area contributed by atoms with E-state index in [1.54, 1.807) is 0 Å². The number of rotatable bonds is 5. The molecule has 1 atom stereocenters. The van der Waals surface area contributed by atoms with E-state index in [-0.39, 0.29) is 0 Å². The predicted octanol–water partition coefficient (Wildman–Crippen LogP) is 4.35. The highest BCUT2D eigenvalue weighted by molar-refractivity contribution is 9.09. The summed E-state index contributed by atoms with van der Waals surface area (Å²) in [5.41, 5.74) is 2.44. The molecule has 1 aromatic rings. The lowest BCUT2D eigenvalue weighted by molar-refractivity contribution is 0.225. The van der Waals surface area contributed by atoms with Gasteiger partial charge in [-0.15, -0.1) is 0 Å². The van der Waals surface area contributed by atoms with Crippen molar-refractivity contribution in [1.29, 1.82) is 0 Å². The van der Waals surface area contributed by atoms with Gasteiger partial charge < -0.3 is 4.74 Å². The first-order chi connectivity index (χ1) is 7.56. The number of ether oxygens (including phenoxy) is 1. The van der Waals surface area contributed by atoms with Gasteiger partial charge in [0.05, 0.1) is 6.61 Å². The number of aryl methyl sites for hydroxylation is 2. The van der Waals surface area contributed by atoms with Crippen LogP contribution in [-0.2, 0) is 0 Å². The first-order valence-electron chi connectivity index (χ1n) is 5.81. The largest absolute Gasteiger partial charge is 0.493 e. The molecule has 90 valence electrons. The maximum absolute atomic E-state index is 5.95. The Bertz CT molecular complexity index is 313. The molecule has 1 unspecified atom stereocenters. The smallest absolute Gasteiger partial charge is 0.125 e. The first kappa shape index (κ1) is 13.6. The van der Waals surface area contributed by atoms with Gasteiger partial charge in [0.2, 0.25) is 0 Å². The minimum absolute atomic E-state index is 0.569. The summed E-state index contributed by atoms with van der Waals surface area (Å²) in [6.45, 7) is 9.45. The molecule has 1 nitrogen and oxygen atoms in total. The van der Waals surface area contributed by atoms with Crippen LogP contribution in [0.25, 0.3) is 0 Å². The molecule has 0 aliphatic rings. The second-order valence-electron chi connectivity index (χ2n) is 4.69. The van der Waals surface area contributed by atoms with Gasteiger partial charge >= 0.3 is 0 Å². The van der Waals surface area contributed by atoms with Crippen molar-refractivity contribution in [3.05, 3.63) is 29.3 Å². The van der Waals surface area contributed by atoms with Crippen molar-refractivity contribution >= 4 is 15.9 Å². The average molecular weight is 285 g/mol. The fourth-order valence-electron chi connectivity index (χ4n) is 1.63. The van der Waals surface area contributed by atoms with Gasteiger partial charge in [-0.3, -0.25) is 0 Å². The summed E-state index contributed by atoms with van der Waals surface area (Å²) in [7, 11) is 0. The van der Waals surface area contributed by atoms with Gasteiger partial charge in [0.25, 0.3) is 0 Å². The molecular weight excluding hydrogens is 264 g/mol. The molecule has 0 fully saturated rings. The van der Waals surface area contributed by atoms with Crippen LogP contribution in [0.5, 0.6) is 5.75 Å². The molecule has 0 amide bonds. The lowest BCUT2D eigenvalue weighted by atomic mass is 9.99. The van der Waals surface area contributed by atoms with E-state index in [0.717, 1.165) is 17.7 Å². The van der Waals surface area contributed by atoms with Gasteiger partial charge in [-0.05, 0) is 30.9 Å². The van der Waals surface area contributed by atoms with Crippen LogP contribution >= 0.6 is 15.9 Å². The molecule has 0 radical (unpaired) electrons. The quantitative estimate of drug-likeness (QED) is 0.731. The van der Waals surface area contributed by atoms with Gasteiger partial charge in [-0.1, -0.05) is 48.0 Å². The summed E-state index contributed by atoms with van der Waals surface area (Å²) in [5.74, 6) is 2.26. The van der Waals surface area contributed by atoms with Crippen molar-refractivity contribution in [3.8, 4) is 5.75 Å². The molecule has 0 aromatic heterocycles. The molecule has 0 saturated heterocycles. The van der Waals surface area contributed by atoms with Crippen LogP contribution in [0.3, 0.4) is 0 Å². The van der Waals surface area contributed by atoms with E-state index in [1.165, 1.54) is 11.1 Å². The lowest BCUT2D eigenvalue weighted by Gasteiger charge is -2.20. The minimum Gasteiger partial charge on any atom is -0.493 e. The molecule has 0 saturated carbocycles. The highest BCUT2D eigenvalue weighted by Crippen LogP contribution is 2.24. The van der Waals surface area contributed by atoms with Crippen LogP contribution in [-0.4, -0.2) is 11.9 Å². The molecule has 16 heavy (non-hydrogen) atoms. The topological polar surface area (TPSA) is 9.23 Å². The second-order valence-corrected chi connectivity index (χ2v) is 5.34. The molecule has 0 aliphatic heterocycles. The standard InChI is InChI=1S/C14H21BrO/c1-10(2)13(8-15)9-16-14-11(3)6-5-7-12(14)4/h5-7,10,13H,8-9H2,1-4H3. The third-order valence-electron chi connectivity index (χ3n) is 2.99. The van der Waals surface area contributed by atoms with E-state index in [1.807, 2.05) is 0 Å². The Hall–Kier alpha value is -0.500. The number of hydrogen-bond donors (Lipinski definition) is 0. The summed E-state index contributed by atoms with van der Waals surface area (Å²) in [6.07, 6.45) is 0. The molecule has 2 heteroatoms. The second kappa shape index (κ2) is 6.29. The number of para-hydroxylation sites is 1. The van der Waals surface area contributed by atoms with Crippen molar-refractivity contribution in [2.75, 3.05) is 11.9 Å². The van der Waals surface area contributed by atoms with Gasteiger partial charge in [-0.2, -0.15) is 0 Å². The van der Waals surface area contributed by atoms with E-state index in [0.29, 0.717) is 11.8 Å². The van der Waals surface area contributed by atoms with Crippen molar-refractivity contribution in [2.24, 2.45) is 11.8 Å². The normalized spacial score (nSPS) is 12.9. The van der Waals surface area contributed by atoms with E-state index in [2.05, 4.69) is 61.8 Å². The average Bonchev–Trinajstić information content (AvgIpc) is 2.22. The van der Waals surface area contributed by atoms with Crippen molar-refractivity contribution in [2.45, 2.75) is 27.7 Å². The van der Waals surface area contributed by atoms with E-state index < -0.39 is 0 Å². The fraction of sp³-hybridized carbons (Fsp3) is 0.571. The molecular formula is C14H21BrO. The fourth-order valence-corrected chi connectivity index (χ4v) is 2.57. The molecule has 0 bridgehead atoms. The van der Waals surface area contributed by atoms with Gasteiger partial charge in [0.15, 0.2) is 0 Å². The monoisotopic (exact) mass is 284 g/mol. The first-order valence-corrected chi connectivity index (χ1v) is 6.93. The zero-order chi connectivity index (χ0) is 12.1. The summed E-state index contributed by atoms with van der Waals surface area (Å²) < 4.78 is 5.95. The third kappa shape index (κ3) is 3.51. The molecule has 1 rings (SSSR count). The van der Waals surface area contributed by atoms with Crippen LogP contribution < -0.4 is 4.74 Å². The predicted molar refractivity (Wildman–Crippen MR) is 73.5 cm³/mol.